The predicted octanol–water partition coefficient (Wildman–Crippen LogP) is 2.29. The first-order chi connectivity index (χ1) is 14.1. The lowest BCUT2D eigenvalue weighted by Crippen LogP contribution is -2.52. The van der Waals surface area contributed by atoms with Gasteiger partial charge in [-0.05, 0) is 25.0 Å². The number of aryl methyl sites for hydroxylation is 1. The zero-order valence-electron chi connectivity index (χ0n) is 16.4. The van der Waals surface area contributed by atoms with Gasteiger partial charge in [0, 0.05) is 43.6 Å². The van der Waals surface area contributed by atoms with E-state index in [2.05, 4.69) is 10.2 Å². The number of nitrogens with zero attached hydrogens (tertiary/aromatic N) is 5. The molecule has 2 fully saturated rings. The molecule has 0 spiro atoms. The molecule has 7 heteroatoms. The fourth-order valence-corrected chi connectivity index (χ4v) is 3.87. The van der Waals surface area contributed by atoms with Gasteiger partial charge < -0.3 is 4.90 Å². The van der Waals surface area contributed by atoms with Crippen LogP contribution in [-0.2, 0) is 13.6 Å². The van der Waals surface area contributed by atoms with Gasteiger partial charge in [-0.2, -0.15) is 10.2 Å². The third kappa shape index (κ3) is 3.48. The molecule has 148 valence electrons. The maximum absolute atomic E-state index is 12.9. The highest BCUT2D eigenvalue weighted by Gasteiger charge is 2.34. The Kier molecular flexibility index (Phi) is 4.30. The van der Waals surface area contributed by atoms with Crippen LogP contribution >= 0.6 is 0 Å². The molecule has 1 saturated carbocycles. The molecule has 2 aliphatic rings. The SMILES string of the molecule is Cn1nc(-c2ccccc2)cc1C(=O)N1CC(Cn2nc(C3CC3)ccc2=O)C1. The molecule has 1 saturated heterocycles. The Morgan fingerprint density at radius 2 is 1.83 bits per heavy atom. The summed E-state index contributed by atoms with van der Waals surface area (Å²) in [5.41, 5.74) is 3.30. The standard InChI is InChI=1S/C22H23N5O2/c1-25-20(11-19(23-25)16-5-3-2-4-6-16)22(29)26-12-15(13-26)14-27-21(28)10-9-18(24-27)17-7-8-17/h2-6,9-11,15,17H,7-8,12-14H2,1H3. The van der Waals surface area contributed by atoms with Crippen molar-refractivity contribution in [2.75, 3.05) is 13.1 Å². The Hall–Kier alpha value is -3.22. The first-order valence-corrected chi connectivity index (χ1v) is 10.1. The van der Waals surface area contributed by atoms with Crippen molar-refractivity contribution in [3.05, 3.63) is 70.3 Å². The maximum Gasteiger partial charge on any atom is 0.272 e. The number of amides is 1. The molecule has 0 atom stereocenters. The van der Waals surface area contributed by atoms with Crippen LogP contribution in [0.2, 0.25) is 0 Å². The van der Waals surface area contributed by atoms with Gasteiger partial charge in [-0.15, -0.1) is 0 Å². The molecule has 1 aromatic carbocycles. The Balaban J connectivity index is 1.25. The monoisotopic (exact) mass is 389 g/mol. The van der Waals surface area contributed by atoms with Crippen molar-refractivity contribution in [2.45, 2.75) is 25.3 Å². The average molecular weight is 389 g/mol. The third-order valence-electron chi connectivity index (χ3n) is 5.73. The Labute approximate surface area is 168 Å². The first-order valence-electron chi connectivity index (χ1n) is 10.1. The number of benzene rings is 1. The maximum atomic E-state index is 12.9. The van der Waals surface area contributed by atoms with Gasteiger partial charge in [0.1, 0.15) is 5.69 Å². The molecule has 1 amide bonds. The summed E-state index contributed by atoms with van der Waals surface area (Å²) >= 11 is 0. The van der Waals surface area contributed by atoms with Gasteiger partial charge in [0.25, 0.3) is 11.5 Å². The van der Waals surface area contributed by atoms with Gasteiger partial charge in [0.2, 0.25) is 0 Å². The summed E-state index contributed by atoms with van der Waals surface area (Å²) in [6, 6.07) is 15.1. The number of aromatic nitrogens is 4. The fraction of sp³-hybridized carbons (Fsp3) is 0.364. The van der Waals surface area contributed by atoms with Gasteiger partial charge in [-0.1, -0.05) is 30.3 Å². The number of hydrogen-bond donors (Lipinski definition) is 0. The summed E-state index contributed by atoms with van der Waals surface area (Å²) in [6.45, 7) is 1.82. The molecular formula is C22H23N5O2. The molecule has 7 nitrogen and oxygen atoms in total. The zero-order valence-corrected chi connectivity index (χ0v) is 16.4. The van der Waals surface area contributed by atoms with E-state index in [1.807, 2.05) is 47.4 Å². The van der Waals surface area contributed by atoms with Gasteiger partial charge >= 0.3 is 0 Å². The number of carbonyl (C=O) groups excluding carboxylic acids is 1. The van der Waals surface area contributed by atoms with Crippen LogP contribution in [0.25, 0.3) is 11.3 Å². The lowest BCUT2D eigenvalue weighted by atomic mass is 9.99. The van der Waals surface area contributed by atoms with Crippen LogP contribution < -0.4 is 5.56 Å². The predicted molar refractivity (Wildman–Crippen MR) is 109 cm³/mol. The van der Waals surface area contributed by atoms with Gasteiger partial charge in [-0.3, -0.25) is 14.3 Å². The van der Waals surface area contributed by atoms with E-state index < -0.39 is 0 Å². The largest absolute Gasteiger partial charge is 0.336 e. The molecule has 5 rings (SSSR count). The van der Waals surface area contributed by atoms with Crippen molar-refractivity contribution < 1.29 is 4.79 Å². The summed E-state index contributed by atoms with van der Waals surface area (Å²) < 4.78 is 3.21. The highest BCUT2D eigenvalue weighted by Crippen LogP contribution is 2.38. The highest BCUT2D eigenvalue weighted by molar-refractivity contribution is 5.94. The molecule has 0 unspecified atom stereocenters. The summed E-state index contributed by atoms with van der Waals surface area (Å²) in [5, 5.41) is 9.01. The van der Waals surface area contributed by atoms with E-state index in [0.29, 0.717) is 31.2 Å². The summed E-state index contributed by atoms with van der Waals surface area (Å²) in [6.07, 6.45) is 2.32. The Morgan fingerprint density at radius 1 is 1.07 bits per heavy atom. The minimum absolute atomic E-state index is 0.0227. The summed E-state index contributed by atoms with van der Waals surface area (Å²) in [5.74, 6) is 0.746. The van der Waals surface area contributed by atoms with Gasteiger partial charge in [0.05, 0.1) is 17.9 Å². The van der Waals surface area contributed by atoms with E-state index in [1.165, 1.54) is 0 Å². The van der Waals surface area contributed by atoms with Gasteiger partial charge in [0.15, 0.2) is 0 Å². The van der Waals surface area contributed by atoms with Crippen LogP contribution in [0.1, 0.15) is 34.9 Å². The van der Waals surface area contributed by atoms with Crippen molar-refractivity contribution >= 4 is 5.91 Å². The molecule has 2 aromatic heterocycles. The molecular weight excluding hydrogens is 366 g/mol. The van der Waals surface area contributed by atoms with Crippen LogP contribution in [0.5, 0.6) is 0 Å². The van der Waals surface area contributed by atoms with Crippen LogP contribution in [0.4, 0.5) is 0 Å². The fourth-order valence-electron chi connectivity index (χ4n) is 3.87. The minimum Gasteiger partial charge on any atom is -0.336 e. The molecule has 1 aliphatic heterocycles. The number of rotatable bonds is 5. The Bertz CT molecular complexity index is 1110. The van der Waals surface area contributed by atoms with E-state index in [9.17, 15) is 9.59 Å². The molecule has 0 bridgehead atoms. The highest BCUT2D eigenvalue weighted by atomic mass is 16.2. The minimum atomic E-state index is -0.0710. The summed E-state index contributed by atoms with van der Waals surface area (Å²) in [7, 11) is 1.80. The molecule has 1 aliphatic carbocycles. The van der Waals surface area contributed by atoms with Crippen molar-refractivity contribution in [3.8, 4) is 11.3 Å². The lowest BCUT2D eigenvalue weighted by Gasteiger charge is -2.39. The molecule has 3 heterocycles. The van der Waals surface area contributed by atoms with Crippen LogP contribution in [0.3, 0.4) is 0 Å². The zero-order chi connectivity index (χ0) is 20.0. The summed E-state index contributed by atoms with van der Waals surface area (Å²) in [4.78, 5) is 26.8. The quantitative estimate of drug-likeness (QED) is 0.671. The van der Waals surface area contributed by atoms with Crippen molar-refractivity contribution in [2.24, 2.45) is 13.0 Å². The van der Waals surface area contributed by atoms with E-state index in [-0.39, 0.29) is 17.4 Å². The smallest absolute Gasteiger partial charge is 0.272 e. The van der Waals surface area contributed by atoms with E-state index in [0.717, 1.165) is 29.8 Å². The molecule has 3 aromatic rings. The molecule has 0 radical (unpaired) electrons. The second-order valence-corrected chi connectivity index (χ2v) is 8.03. The normalized spacial score (nSPS) is 16.7. The topological polar surface area (TPSA) is 73.0 Å². The molecule has 29 heavy (non-hydrogen) atoms. The van der Waals surface area contributed by atoms with Crippen molar-refractivity contribution in [3.63, 3.8) is 0 Å². The van der Waals surface area contributed by atoms with E-state index in [1.54, 1.807) is 22.5 Å². The van der Waals surface area contributed by atoms with E-state index >= 15 is 0 Å². The second-order valence-electron chi connectivity index (χ2n) is 8.03. The number of likely N-dealkylation sites (tertiary alicyclic amines) is 1. The van der Waals surface area contributed by atoms with Crippen molar-refractivity contribution in [1.29, 1.82) is 0 Å². The van der Waals surface area contributed by atoms with Gasteiger partial charge in [-0.25, -0.2) is 4.68 Å². The number of carbonyl (C=O) groups is 1. The molecule has 0 N–H and O–H groups in total. The van der Waals surface area contributed by atoms with E-state index in [4.69, 9.17) is 0 Å². The third-order valence-corrected chi connectivity index (χ3v) is 5.73. The van der Waals surface area contributed by atoms with Crippen molar-refractivity contribution in [1.82, 2.24) is 24.5 Å². The lowest BCUT2D eigenvalue weighted by molar-refractivity contribution is 0.0447. The number of hydrogen-bond acceptors (Lipinski definition) is 4. The van der Waals surface area contributed by atoms with Crippen LogP contribution in [0.15, 0.2) is 53.3 Å². The van der Waals surface area contributed by atoms with Crippen LogP contribution in [0, 0.1) is 5.92 Å². The van der Waals surface area contributed by atoms with Crippen LogP contribution in [-0.4, -0.2) is 43.5 Å². The first kappa shape index (κ1) is 17.8. The average Bonchev–Trinajstić information content (AvgIpc) is 3.47. The Morgan fingerprint density at radius 3 is 2.55 bits per heavy atom. The second kappa shape index (κ2) is 6.99.